The van der Waals surface area contributed by atoms with Crippen LogP contribution < -0.4 is 10.1 Å². The van der Waals surface area contributed by atoms with Crippen LogP contribution in [-0.2, 0) is 13.2 Å². The third-order valence-electron chi connectivity index (χ3n) is 5.32. The Morgan fingerprint density at radius 3 is 2.55 bits per heavy atom. The van der Waals surface area contributed by atoms with Crippen molar-refractivity contribution in [2.45, 2.75) is 27.0 Å². The Morgan fingerprint density at radius 1 is 1.06 bits per heavy atom. The molecule has 3 aromatic carbocycles. The lowest BCUT2D eigenvalue weighted by Gasteiger charge is -2.09. The van der Waals surface area contributed by atoms with Gasteiger partial charge < -0.3 is 10.1 Å². The van der Waals surface area contributed by atoms with Crippen molar-refractivity contribution >= 4 is 23.2 Å². The number of nitrogens with zero attached hydrogens (tertiary/aromatic N) is 2. The van der Waals surface area contributed by atoms with E-state index in [1.807, 2.05) is 38.1 Å². The van der Waals surface area contributed by atoms with Crippen molar-refractivity contribution in [1.29, 1.82) is 0 Å². The number of benzene rings is 3. The van der Waals surface area contributed by atoms with Crippen molar-refractivity contribution in [2.24, 2.45) is 0 Å². The number of hydrogen-bond acceptors (Lipinski definition) is 3. The lowest BCUT2D eigenvalue weighted by Crippen LogP contribution is -2.13. The van der Waals surface area contributed by atoms with E-state index >= 15 is 0 Å². The van der Waals surface area contributed by atoms with Crippen LogP contribution in [0.5, 0.6) is 5.75 Å². The molecule has 0 aliphatic rings. The van der Waals surface area contributed by atoms with Crippen LogP contribution in [0.2, 0.25) is 5.02 Å². The number of aryl methyl sites for hydroxylation is 1. The van der Waals surface area contributed by atoms with Gasteiger partial charge in [-0.05, 0) is 55.8 Å². The molecule has 0 bridgehead atoms. The van der Waals surface area contributed by atoms with Gasteiger partial charge in [-0.25, -0.2) is 4.39 Å². The summed E-state index contributed by atoms with van der Waals surface area (Å²) < 4.78 is 21.5. The summed E-state index contributed by atoms with van der Waals surface area (Å²) in [5, 5.41) is 8.03. The summed E-state index contributed by atoms with van der Waals surface area (Å²) in [6.45, 7) is 4.32. The summed E-state index contributed by atoms with van der Waals surface area (Å²) in [5.74, 6) is 0.159. The number of amides is 1. The van der Waals surface area contributed by atoms with E-state index < -0.39 is 0 Å². The normalized spacial score (nSPS) is 10.8. The average molecular weight is 464 g/mol. The number of rotatable bonds is 7. The first kappa shape index (κ1) is 22.6. The van der Waals surface area contributed by atoms with Crippen molar-refractivity contribution in [1.82, 2.24) is 9.78 Å². The zero-order valence-electron chi connectivity index (χ0n) is 18.3. The number of nitrogens with one attached hydrogen (secondary N) is 1. The van der Waals surface area contributed by atoms with Gasteiger partial charge in [-0.3, -0.25) is 9.48 Å². The number of carbonyl (C=O) groups is 1. The fourth-order valence-corrected chi connectivity index (χ4v) is 3.66. The highest BCUT2D eigenvalue weighted by molar-refractivity contribution is 6.30. The second kappa shape index (κ2) is 9.88. The van der Waals surface area contributed by atoms with Crippen molar-refractivity contribution < 1.29 is 13.9 Å². The zero-order valence-corrected chi connectivity index (χ0v) is 19.1. The van der Waals surface area contributed by atoms with Gasteiger partial charge in [0.15, 0.2) is 0 Å². The fourth-order valence-electron chi connectivity index (χ4n) is 3.48. The van der Waals surface area contributed by atoms with Crippen LogP contribution in [0.3, 0.4) is 0 Å². The molecule has 1 amide bonds. The second-order valence-electron chi connectivity index (χ2n) is 7.69. The first-order valence-corrected chi connectivity index (χ1v) is 10.8. The second-order valence-corrected chi connectivity index (χ2v) is 8.13. The van der Waals surface area contributed by atoms with Gasteiger partial charge in [0.2, 0.25) is 0 Å². The summed E-state index contributed by atoms with van der Waals surface area (Å²) in [6, 6.07) is 21.0. The summed E-state index contributed by atoms with van der Waals surface area (Å²) in [6.07, 6.45) is 0. The van der Waals surface area contributed by atoms with Gasteiger partial charge in [-0.2, -0.15) is 5.10 Å². The summed E-state index contributed by atoms with van der Waals surface area (Å²) in [5.41, 5.74) is 4.04. The van der Waals surface area contributed by atoms with E-state index in [0.29, 0.717) is 39.9 Å². The van der Waals surface area contributed by atoms with Crippen LogP contribution in [0, 0.1) is 19.7 Å². The lowest BCUT2D eigenvalue weighted by molar-refractivity contribution is 0.102. The summed E-state index contributed by atoms with van der Waals surface area (Å²) in [7, 11) is 0. The lowest BCUT2D eigenvalue weighted by atomic mass is 10.1. The summed E-state index contributed by atoms with van der Waals surface area (Å²) in [4.78, 5) is 12.8. The number of ether oxygens (including phenoxy) is 1. The molecule has 4 aromatic rings. The Balaban J connectivity index is 1.42. The Bertz CT molecular complexity index is 1290. The van der Waals surface area contributed by atoms with Gasteiger partial charge in [0, 0.05) is 16.1 Å². The van der Waals surface area contributed by atoms with E-state index in [1.165, 1.54) is 6.07 Å². The predicted molar refractivity (Wildman–Crippen MR) is 127 cm³/mol. The van der Waals surface area contributed by atoms with E-state index in [0.717, 1.165) is 11.3 Å². The van der Waals surface area contributed by atoms with E-state index in [2.05, 4.69) is 10.4 Å². The topological polar surface area (TPSA) is 56.2 Å². The van der Waals surface area contributed by atoms with E-state index in [4.69, 9.17) is 16.3 Å². The molecule has 1 aromatic heterocycles. The standard InChI is InChI=1S/C26H23ClFN3O2/c1-17-25(18(2)31(30-17)15-21-6-3-4-9-24(21)28)29-26(32)20-12-10-19(11-13-20)16-33-23-8-5-7-22(27)14-23/h3-14H,15-16H2,1-2H3,(H,29,32). The minimum absolute atomic E-state index is 0.242. The van der Waals surface area contributed by atoms with Gasteiger partial charge in [0.1, 0.15) is 18.2 Å². The van der Waals surface area contributed by atoms with Gasteiger partial charge in [0.05, 0.1) is 23.6 Å². The van der Waals surface area contributed by atoms with Crippen LogP contribution in [0.4, 0.5) is 10.1 Å². The van der Waals surface area contributed by atoms with Crippen molar-refractivity contribution in [3.8, 4) is 5.75 Å². The highest BCUT2D eigenvalue weighted by Gasteiger charge is 2.16. The average Bonchev–Trinajstić information content (AvgIpc) is 3.07. The quantitative estimate of drug-likeness (QED) is 0.356. The Morgan fingerprint density at radius 2 is 1.82 bits per heavy atom. The molecule has 0 aliphatic carbocycles. The van der Waals surface area contributed by atoms with Crippen LogP contribution in [0.25, 0.3) is 0 Å². The van der Waals surface area contributed by atoms with Crippen LogP contribution in [0.1, 0.15) is 32.9 Å². The molecule has 7 heteroatoms. The van der Waals surface area contributed by atoms with Crippen molar-refractivity contribution in [3.63, 3.8) is 0 Å². The van der Waals surface area contributed by atoms with Gasteiger partial charge >= 0.3 is 0 Å². The maximum absolute atomic E-state index is 14.0. The molecule has 1 heterocycles. The van der Waals surface area contributed by atoms with Gasteiger partial charge in [-0.15, -0.1) is 0 Å². The highest BCUT2D eigenvalue weighted by Crippen LogP contribution is 2.22. The monoisotopic (exact) mass is 463 g/mol. The molecule has 4 rings (SSSR count). The van der Waals surface area contributed by atoms with Crippen LogP contribution in [-0.4, -0.2) is 15.7 Å². The Hall–Kier alpha value is -3.64. The van der Waals surface area contributed by atoms with Gasteiger partial charge in [-0.1, -0.05) is 48.0 Å². The summed E-state index contributed by atoms with van der Waals surface area (Å²) >= 11 is 5.97. The number of anilines is 1. The molecule has 0 saturated heterocycles. The molecule has 168 valence electrons. The SMILES string of the molecule is Cc1nn(Cc2ccccc2F)c(C)c1NC(=O)c1ccc(COc2cccc(Cl)c2)cc1. The van der Waals surface area contributed by atoms with Gasteiger partial charge in [0.25, 0.3) is 5.91 Å². The Labute approximate surface area is 196 Å². The largest absolute Gasteiger partial charge is 0.489 e. The molecule has 33 heavy (non-hydrogen) atoms. The Kier molecular flexibility index (Phi) is 6.75. The van der Waals surface area contributed by atoms with Crippen molar-refractivity contribution in [2.75, 3.05) is 5.32 Å². The predicted octanol–water partition coefficient (Wildman–Crippen LogP) is 6.17. The molecule has 0 saturated carbocycles. The fraction of sp³-hybridized carbons (Fsp3) is 0.154. The smallest absolute Gasteiger partial charge is 0.255 e. The number of hydrogen-bond donors (Lipinski definition) is 1. The highest BCUT2D eigenvalue weighted by atomic mass is 35.5. The molecular weight excluding hydrogens is 441 g/mol. The minimum atomic E-state index is -0.282. The molecule has 1 N–H and O–H groups in total. The number of halogens is 2. The molecule has 0 spiro atoms. The maximum atomic E-state index is 14.0. The van der Waals surface area contributed by atoms with E-state index in [9.17, 15) is 9.18 Å². The molecule has 0 fully saturated rings. The van der Waals surface area contributed by atoms with E-state index in [1.54, 1.807) is 47.1 Å². The third-order valence-corrected chi connectivity index (χ3v) is 5.55. The number of carbonyl (C=O) groups excluding carboxylic acids is 1. The van der Waals surface area contributed by atoms with Crippen LogP contribution in [0.15, 0.2) is 72.8 Å². The molecule has 0 radical (unpaired) electrons. The van der Waals surface area contributed by atoms with E-state index in [-0.39, 0.29) is 18.3 Å². The van der Waals surface area contributed by atoms with Crippen molar-refractivity contribution in [3.05, 3.63) is 112 Å². The first-order valence-electron chi connectivity index (χ1n) is 10.5. The molecule has 5 nitrogen and oxygen atoms in total. The minimum Gasteiger partial charge on any atom is -0.489 e. The third kappa shape index (κ3) is 5.41. The molecular formula is C26H23ClFN3O2. The number of aromatic nitrogens is 2. The zero-order chi connectivity index (χ0) is 23.4. The maximum Gasteiger partial charge on any atom is 0.255 e. The first-order chi connectivity index (χ1) is 15.9. The molecule has 0 atom stereocenters. The van der Waals surface area contributed by atoms with Crippen LogP contribution >= 0.6 is 11.6 Å². The molecule has 0 unspecified atom stereocenters. The molecule has 0 aliphatic heterocycles.